The number of methoxy groups -OCH3 is 1. The summed E-state index contributed by atoms with van der Waals surface area (Å²) < 4.78 is 5.14. The molecular formula is C18H25N5O. The highest BCUT2D eigenvalue weighted by molar-refractivity contribution is 5.64. The summed E-state index contributed by atoms with van der Waals surface area (Å²) in [5, 5.41) is 3.26. The highest BCUT2D eigenvalue weighted by atomic mass is 16.5. The van der Waals surface area contributed by atoms with Crippen LogP contribution in [0.1, 0.15) is 12.5 Å². The fourth-order valence-electron chi connectivity index (χ4n) is 2.94. The molecule has 1 aliphatic heterocycles. The number of anilines is 3. The van der Waals surface area contributed by atoms with Gasteiger partial charge in [0.1, 0.15) is 0 Å². The number of benzene rings is 1. The van der Waals surface area contributed by atoms with E-state index in [2.05, 4.69) is 57.1 Å². The van der Waals surface area contributed by atoms with E-state index in [9.17, 15) is 0 Å². The van der Waals surface area contributed by atoms with E-state index in [1.807, 2.05) is 0 Å². The number of piperazine rings is 1. The minimum absolute atomic E-state index is 0.543. The average Bonchev–Trinajstić information content (AvgIpc) is 2.63. The monoisotopic (exact) mass is 327 g/mol. The Morgan fingerprint density at radius 2 is 1.96 bits per heavy atom. The topological polar surface area (TPSA) is 53.5 Å². The van der Waals surface area contributed by atoms with E-state index in [1.165, 1.54) is 11.3 Å². The number of likely N-dealkylation sites (N-methyl/N-ethyl adjacent to an activating group) is 1. The predicted octanol–water partition coefficient (Wildman–Crippen LogP) is 2.68. The summed E-state index contributed by atoms with van der Waals surface area (Å²) in [5.74, 6) is 1.09. The van der Waals surface area contributed by atoms with Gasteiger partial charge in [0.05, 0.1) is 7.11 Å². The zero-order valence-corrected chi connectivity index (χ0v) is 14.6. The molecule has 0 bridgehead atoms. The third-order valence-electron chi connectivity index (χ3n) is 4.48. The minimum Gasteiger partial charge on any atom is -0.481 e. The number of hydrogen-bond acceptors (Lipinski definition) is 6. The van der Waals surface area contributed by atoms with Crippen molar-refractivity contribution in [3.8, 4) is 5.88 Å². The van der Waals surface area contributed by atoms with Gasteiger partial charge in [-0.05, 0) is 37.2 Å². The number of hydrogen-bond donors (Lipinski definition) is 1. The largest absolute Gasteiger partial charge is 0.481 e. The number of aryl methyl sites for hydroxylation is 1. The minimum atomic E-state index is 0.543. The summed E-state index contributed by atoms with van der Waals surface area (Å²) in [6, 6.07) is 8.22. The number of ether oxygens (including phenoxy) is 1. The van der Waals surface area contributed by atoms with Gasteiger partial charge in [-0.1, -0.05) is 6.92 Å². The third-order valence-corrected chi connectivity index (χ3v) is 4.48. The van der Waals surface area contributed by atoms with Crippen LogP contribution in [0.5, 0.6) is 5.88 Å². The predicted molar refractivity (Wildman–Crippen MR) is 97.4 cm³/mol. The van der Waals surface area contributed by atoms with Gasteiger partial charge in [0.2, 0.25) is 11.8 Å². The molecular weight excluding hydrogens is 302 g/mol. The standard InChI is InChI=1S/C18H25N5O/c1-4-22-9-11-23(12-10-22)15-5-6-16(14(2)13-15)20-18-19-8-7-17(21-18)24-3/h5-8,13H,4,9-12H2,1-3H3,(H,19,20,21). The van der Waals surface area contributed by atoms with E-state index in [-0.39, 0.29) is 0 Å². The number of nitrogens with one attached hydrogen (secondary N) is 1. The maximum atomic E-state index is 5.14. The number of aromatic nitrogens is 2. The molecule has 6 nitrogen and oxygen atoms in total. The van der Waals surface area contributed by atoms with Gasteiger partial charge in [-0.3, -0.25) is 0 Å². The molecule has 1 aliphatic rings. The van der Waals surface area contributed by atoms with Crippen molar-refractivity contribution in [2.24, 2.45) is 0 Å². The van der Waals surface area contributed by atoms with Crippen LogP contribution < -0.4 is 15.0 Å². The zero-order chi connectivity index (χ0) is 16.9. The van der Waals surface area contributed by atoms with Crippen molar-refractivity contribution in [2.75, 3.05) is 50.1 Å². The first-order valence-corrected chi connectivity index (χ1v) is 8.41. The molecule has 24 heavy (non-hydrogen) atoms. The van der Waals surface area contributed by atoms with Crippen molar-refractivity contribution in [3.05, 3.63) is 36.0 Å². The van der Waals surface area contributed by atoms with Crippen LogP contribution in [-0.2, 0) is 0 Å². The Bertz CT molecular complexity index is 683. The Labute approximate surface area is 143 Å². The van der Waals surface area contributed by atoms with Crippen molar-refractivity contribution in [3.63, 3.8) is 0 Å². The molecule has 1 saturated heterocycles. The van der Waals surface area contributed by atoms with Crippen molar-refractivity contribution in [1.29, 1.82) is 0 Å². The fourth-order valence-corrected chi connectivity index (χ4v) is 2.94. The van der Waals surface area contributed by atoms with Gasteiger partial charge in [0.25, 0.3) is 0 Å². The van der Waals surface area contributed by atoms with Gasteiger partial charge < -0.3 is 19.9 Å². The second-order valence-corrected chi connectivity index (χ2v) is 5.97. The lowest BCUT2D eigenvalue weighted by Crippen LogP contribution is -2.46. The van der Waals surface area contributed by atoms with Gasteiger partial charge in [0, 0.05) is 49.8 Å². The van der Waals surface area contributed by atoms with Crippen LogP contribution in [0, 0.1) is 6.92 Å². The first-order chi connectivity index (χ1) is 11.7. The molecule has 0 atom stereocenters. The number of nitrogens with zero attached hydrogens (tertiary/aromatic N) is 4. The summed E-state index contributed by atoms with van der Waals surface area (Å²) in [4.78, 5) is 13.5. The molecule has 2 heterocycles. The summed E-state index contributed by atoms with van der Waals surface area (Å²) in [5.41, 5.74) is 3.47. The lowest BCUT2D eigenvalue weighted by Gasteiger charge is -2.35. The lowest BCUT2D eigenvalue weighted by atomic mass is 10.1. The fraction of sp³-hybridized carbons (Fsp3) is 0.444. The zero-order valence-electron chi connectivity index (χ0n) is 14.6. The smallest absolute Gasteiger partial charge is 0.230 e. The maximum Gasteiger partial charge on any atom is 0.230 e. The molecule has 1 aromatic carbocycles. The second-order valence-electron chi connectivity index (χ2n) is 5.97. The molecule has 1 N–H and O–H groups in total. The van der Waals surface area contributed by atoms with Crippen LogP contribution in [0.25, 0.3) is 0 Å². The first kappa shape index (κ1) is 16.5. The summed E-state index contributed by atoms with van der Waals surface area (Å²) in [6.07, 6.45) is 1.69. The highest BCUT2D eigenvalue weighted by Crippen LogP contribution is 2.25. The second kappa shape index (κ2) is 7.49. The molecule has 0 radical (unpaired) electrons. The van der Waals surface area contributed by atoms with Crippen LogP contribution in [-0.4, -0.2) is 54.7 Å². The Kier molecular flexibility index (Phi) is 5.15. The van der Waals surface area contributed by atoms with Crippen LogP contribution in [0.3, 0.4) is 0 Å². The van der Waals surface area contributed by atoms with Gasteiger partial charge >= 0.3 is 0 Å². The quantitative estimate of drug-likeness (QED) is 0.911. The third kappa shape index (κ3) is 3.76. The van der Waals surface area contributed by atoms with Gasteiger partial charge in [-0.25, -0.2) is 4.98 Å². The number of rotatable bonds is 5. The molecule has 0 saturated carbocycles. The van der Waals surface area contributed by atoms with Crippen molar-refractivity contribution < 1.29 is 4.74 Å². The SMILES string of the molecule is CCN1CCN(c2ccc(Nc3nccc(OC)n3)c(C)c2)CC1. The van der Waals surface area contributed by atoms with Crippen molar-refractivity contribution in [1.82, 2.24) is 14.9 Å². The molecule has 1 fully saturated rings. The van der Waals surface area contributed by atoms with Crippen molar-refractivity contribution >= 4 is 17.3 Å². The van der Waals surface area contributed by atoms with Crippen LogP contribution >= 0.6 is 0 Å². The highest BCUT2D eigenvalue weighted by Gasteiger charge is 2.16. The van der Waals surface area contributed by atoms with E-state index in [4.69, 9.17) is 4.74 Å². The Hall–Kier alpha value is -2.34. The van der Waals surface area contributed by atoms with Crippen LogP contribution in [0.15, 0.2) is 30.5 Å². The molecule has 0 aliphatic carbocycles. The average molecular weight is 327 g/mol. The van der Waals surface area contributed by atoms with E-state index >= 15 is 0 Å². The summed E-state index contributed by atoms with van der Waals surface area (Å²) in [7, 11) is 1.60. The molecule has 128 valence electrons. The molecule has 0 spiro atoms. The molecule has 6 heteroatoms. The molecule has 2 aromatic rings. The lowest BCUT2D eigenvalue weighted by molar-refractivity contribution is 0.271. The molecule has 0 unspecified atom stereocenters. The van der Waals surface area contributed by atoms with Gasteiger partial charge in [0.15, 0.2) is 0 Å². The maximum absolute atomic E-state index is 5.14. The molecule has 1 aromatic heterocycles. The summed E-state index contributed by atoms with van der Waals surface area (Å²) in [6.45, 7) is 9.89. The normalized spacial score (nSPS) is 15.4. The Morgan fingerprint density at radius 3 is 2.62 bits per heavy atom. The van der Waals surface area contributed by atoms with Crippen molar-refractivity contribution in [2.45, 2.75) is 13.8 Å². The first-order valence-electron chi connectivity index (χ1n) is 8.41. The molecule has 3 rings (SSSR count). The Balaban J connectivity index is 1.70. The van der Waals surface area contributed by atoms with Gasteiger partial charge in [-0.2, -0.15) is 4.98 Å². The van der Waals surface area contributed by atoms with E-state index in [1.54, 1.807) is 19.4 Å². The van der Waals surface area contributed by atoms with Crippen LogP contribution in [0.2, 0.25) is 0 Å². The Morgan fingerprint density at radius 1 is 1.17 bits per heavy atom. The van der Waals surface area contributed by atoms with Gasteiger partial charge in [-0.15, -0.1) is 0 Å². The van der Waals surface area contributed by atoms with E-state index < -0.39 is 0 Å². The van der Waals surface area contributed by atoms with Crippen LogP contribution in [0.4, 0.5) is 17.3 Å². The molecule has 0 amide bonds. The van der Waals surface area contributed by atoms with E-state index in [0.717, 1.165) is 38.4 Å². The summed E-state index contributed by atoms with van der Waals surface area (Å²) >= 11 is 0. The van der Waals surface area contributed by atoms with E-state index in [0.29, 0.717) is 11.8 Å².